The van der Waals surface area contributed by atoms with Crippen molar-refractivity contribution in [3.05, 3.63) is 0 Å². The summed E-state index contributed by atoms with van der Waals surface area (Å²) in [4.78, 5) is 36.9. The van der Waals surface area contributed by atoms with E-state index in [1.165, 1.54) is 32.1 Å². The second kappa shape index (κ2) is 10.5. The molecule has 2 fully saturated rings. The number of rotatable bonds is 8. The van der Waals surface area contributed by atoms with E-state index in [4.69, 9.17) is 5.11 Å². The van der Waals surface area contributed by atoms with Gasteiger partial charge in [0.15, 0.2) is 0 Å². The molecule has 0 aromatic rings. The van der Waals surface area contributed by atoms with Crippen LogP contribution in [0.25, 0.3) is 0 Å². The van der Waals surface area contributed by atoms with E-state index in [1.54, 1.807) is 11.9 Å². The zero-order chi connectivity index (χ0) is 18.9. The number of amides is 2. The smallest absolute Gasteiger partial charge is 0.303 e. The Morgan fingerprint density at radius 1 is 1.00 bits per heavy atom. The van der Waals surface area contributed by atoms with Crippen LogP contribution in [0.5, 0.6) is 0 Å². The molecule has 2 rings (SSSR count). The number of carboxylic acid groups (broad SMARTS) is 1. The van der Waals surface area contributed by atoms with Gasteiger partial charge in [-0.1, -0.05) is 19.3 Å². The van der Waals surface area contributed by atoms with Crippen molar-refractivity contribution in [2.45, 2.75) is 83.1 Å². The Hall–Kier alpha value is -1.59. The summed E-state index contributed by atoms with van der Waals surface area (Å²) < 4.78 is 0. The van der Waals surface area contributed by atoms with Crippen molar-refractivity contribution < 1.29 is 19.5 Å². The lowest BCUT2D eigenvalue weighted by Crippen LogP contribution is -2.42. The summed E-state index contributed by atoms with van der Waals surface area (Å²) in [6.45, 7) is 0.489. The third kappa shape index (κ3) is 6.96. The molecule has 6 heteroatoms. The van der Waals surface area contributed by atoms with E-state index >= 15 is 0 Å². The van der Waals surface area contributed by atoms with E-state index in [2.05, 4.69) is 5.32 Å². The van der Waals surface area contributed by atoms with E-state index in [-0.39, 0.29) is 30.2 Å². The van der Waals surface area contributed by atoms with Gasteiger partial charge in [-0.3, -0.25) is 14.4 Å². The molecule has 148 valence electrons. The molecule has 0 spiro atoms. The van der Waals surface area contributed by atoms with E-state index < -0.39 is 5.97 Å². The number of carbonyl (C=O) groups is 3. The van der Waals surface area contributed by atoms with Gasteiger partial charge in [-0.15, -0.1) is 0 Å². The summed E-state index contributed by atoms with van der Waals surface area (Å²) in [7, 11) is 1.75. The first-order valence-electron chi connectivity index (χ1n) is 10.2. The highest BCUT2D eigenvalue weighted by molar-refractivity contribution is 5.79. The SMILES string of the molecule is CN(CCCC(=O)O)C(=O)C1CCC(NC(=O)CC2CCCCC2)CC1. The fraction of sp³-hybridized carbons (Fsp3) is 0.850. The molecular formula is C20H34N2O4. The number of carboxylic acids is 1. The fourth-order valence-electron chi connectivity index (χ4n) is 4.31. The molecule has 2 amide bonds. The molecular weight excluding hydrogens is 332 g/mol. The first kappa shape index (κ1) is 20.7. The van der Waals surface area contributed by atoms with E-state index in [0.717, 1.165) is 25.7 Å². The molecule has 2 aliphatic carbocycles. The standard InChI is InChI=1S/C20H34N2O4/c1-22(13-5-8-19(24)25)20(26)16-9-11-17(12-10-16)21-18(23)14-15-6-3-2-4-7-15/h15-17H,2-14H2,1H3,(H,21,23)(H,24,25). The van der Waals surface area contributed by atoms with Crippen molar-refractivity contribution >= 4 is 17.8 Å². The van der Waals surface area contributed by atoms with Crippen LogP contribution in [-0.4, -0.2) is 47.4 Å². The topological polar surface area (TPSA) is 86.7 Å². The maximum atomic E-state index is 12.5. The second-order valence-corrected chi connectivity index (χ2v) is 8.08. The maximum Gasteiger partial charge on any atom is 0.303 e. The fourth-order valence-corrected chi connectivity index (χ4v) is 4.31. The molecule has 2 N–H and O–H groups in total. The van der Waals surface area contributed by atoms with Crippen molar-refractivity contribution in [1.82, 2.24) is 10.2 Å². The lowest BCUT2D eigenvalue weighted by Gasteiger charge is -2.31. The summed E-state index contributed by atoms with van der Waals surface area (Å²) in [6, 6.07) is 0.201. The van der Waals surface area contributed by atoms with Crippen LogP contribution in [0.4, 0.5) is 0 Å². The van der Waals surface area contributed by atoms with Crippen LogP contribution in [0.2, 0.25) is 0 Å². The van der Waals surface area contributed by atoms with E-state index in [0.29, 0.717) is 25.3 Å². The van der Waals surface area contributed by atoms with Crippen molar-refractivity contribution in [3.8, 4) is 0 Å². The van der Waals surface area contributed by atoms with E-state index in [9.17, 15) is 14.4 Å². The zero-order valence-corrected chi connectivity index (χ0v) is 16.0. The largest absolute Gasteiger partial charge is 0.481 e. The lowest BCUT2D eigenvalue weighted by molar-refractivity contribution is -0.139. The summed E-state index contributed by atoms with van der Waals surface area (Å²) >= 11 is 0. The highest BCUT2D eigenvalue weighted by Crippen LogP contribution is 2.28. The van der Waals surface area contributed by atoms with Gasteiger partial charge >= 0.3 is 5.97 Å². The quantitative estimate of drug-likeness (QED) is 0.691. The van der Waals surface area contributed by atoms with Gasteiger partial charge in [0.05, 0.1) is 0 Å². The van der Waals surface area contributed by atoms with Crippen molar-refractivity contribution in [2.75, 3.05) is 13.6 Å². The third-order valence-corrected chi connectivity index (χ3v) is 5.90. The Balaban J connectivity index is 1.65. The molecule has 0 saturated heterocycles. The number of nitrogens with one attached hydrogen (secondary N) is 1. The van der Waals surface area contributed by atoms with Crippen LogP contribution in [0.15, 0.2) is 0 Å². The normalized spacial score (nSPS) is 24.0. The first-order chi connectivity index (χ1) is 12.5. The monoisotopic (exact) mass is 366 g/mol. The molecule has 0 bridgehead atoms. The Labute approximate surface area is 156 Å². The molecule has 0 radical (unpaired) electrons. The number of hydrogen-bond donors (Lipinski definition) is 2. The third-order valence-electron chi connectivity index (χ3n) is 5.90. The number of carbonyl (C=O) groups excluding carboxylic acids is 2. The summed E-state index contributed by atoms with van der Waals surface area (Å²) in [6.07, 6.45) is 10.7. The van der Waals surface area contributed by atoms with Crippen molar-refractivity contribution in [2.24, 2.45) is 11.8 Å². The van der Waals surface area contributed by atoms with Gasteiger partial charge in [0.2, 0.25) is 11.8 Å². The Morgan fingerprint density at radius 3 is 2.27 bits per heavy atom. The molecule has 0 aromatic heterocycles. The summed E-state index contributed by atoms with van der Waals surface area (Å²) in [5, 5.41) is 11.9. The van der Waals surface area contributed by atoms with Crippen LogP contribution in [0.3, 0.4) is 0 Å². The van der Waals surface area contributed by atoms with Crippen LogP contribution >= 0.6 is 0 Å². The van der Waals surface area contributed by atoms with Crippen molar-refractivity contribution in [3.63, 3.8) is 0 Å². The van der Waals surface area contributed by atoms with Crippen LogP contribution in [-0.2, 0) is 14.4 Å². The second-order valence-electron chi connectivity index (χ2n) is 8.08. The molecule has 0 heterocycles. The summed E-state index contributed by atoms with van der Waals surface area (Å²) in [5.41, 5.74) is 0. The molecule has 0 unspecified atom stereocenters. The average Bonchev–Trinajstić information content (AvgIpc) is 2.62. The molecule has 2 aliphatic rings. The van der Waals surface area contributed by atoms with Gasteiger partial charge in [-0.25, -0.2) is 0 Å². The van der Waals surface area contributed by atoms with Gasteiger partial charge in [-0.2, -0.15) is 0 Å². The number of aliphatic carboxylic acids is 1. The van der Waals surface area contributed by atoms with Crippen LogP contribution < -0.4 is 5.32 Å². The molecule has 0 aromatic carbocycles. The minimum absolute atomic E-state index is 0.0105. The Kier molecular flexibility index (Phi) is 8.39. The summed E-state index contributed by atoms with van der Waals surface area (Å²) in [5.74, 6) is 0.0348. The Bertz CT molecular complexity index is 480. The van der Waals surface area contributed by atoms with Crippen LogP contribution in [0, 0.1) is 11.8 Å². The minimum atomic E-state index is -0.824. The lowest BCUT2D eigenvalue weighted by atomic mass is 9.84. The number of hydrogen-bond acceptors (Lipinski definition) is 3. The molecule has 0 atom stereocenters. The minimum Gasteiger partial charge on any atom is -0.481 e. The zero-order valence-electron chi connectivity index (χ0n) is 16.0. The maximum absolute atomic E-state index is 12.5. The molecule has 6 nitrogen and oxygen atoms in total. The van der Waals surface area contributed by atoms with Gasteiger partial charge in [0, 0.05) is 38.4 Å². The predicted molar refractivity (Wildman–Crippen MR) is 99.6 cm³/mol. The number of nitrogens with zero attached hydrogens (tertiary/aromatic N) is 1. The van der Waals surface area contributed by atoms with Crippen LogP contribution in [0.1, 0.15) is 77.0 Å². The van der Waals surface area contributed by atoms with Gasteiger partial charge in [0.25, 0.3) is 0 Å². The first-order valence-corrected chi connectivity index (χ1v) is 10.2. The van der Waals surface area contributed by atoms with Gasteiger partial charge < -0.3 is 15.3 Å². The molecule has 0 aliphatic heterocycles. The highest BCUT2D eigenvalue weighted by Gasteiger charge is 2.29. The van der Waals surface area contributed by atoms with Gasteiger partial charge in [0.1, 0.15) is 0 Å². The van der Waals surface area contributed by atoms with Gasteiger partial charge in [-0.05, 0) is 50.9 Å². The average molecular weight is 367 g/mol. The molecule has 2 saturated carbocycles. The predicted octanol–water partition coefficient (Wildman–Crippen LogP) is 2.96. The Morgan fingerprint density at radius 2 is 1.65 bits per heavy atom. The molecule has 26 heavy (non-hydrogen) atoms. The van der Waals surface area contributed by atoms with Crippen molar-refractivity contribution in [1.29, 1.82) is 0 Å². The van der Waals surface area contributed by atoms with E-state index in [1.807, 2.05) is 0 Å². The highest BCUT2D eigenvalue weighted by atomic mass is 16.4.